The Morgan fingerprint density at radius 3 is 2.73 bits per heavy atom. The Labute approximate surface area is 95.8 Å². The third-order valence-corrected chi connectivity index (χ3v) is 4.02. The summed E-state index contributed by atoms with van der Waals surface area (Å²) in [6.45, 7) is 0.948. The van der Waals surface area contributed by atoms with Gasteiger partial charge in [-0.1, -0.05) is 11.6 Å². The van der Waals surface area contributed by atoms with Gasteiger partial charge in [-0.2, -0.15) is 0 Å². The summed E-state index contributed by atoms with van der Waals surface area (Å²) in [7, 11) is 0. The molecular formula is C9H10ClNO3S. The van der Waals surface area contributed by atoms with E-state index in [2.05, 4.69) is 4.98 Å². The summed E-state index contributed by atoms with van der Waals surface area (Å²) in [5, 5.41) is 9.33. The van der Waals surface area contributed by atoms with Gasteiger partial charge in [0.2, 0.25) is 0 Å². The van der Waals surface area contributed by atoms with Crippen LogP contribution < -0.4 is 0 Å². The highest BCUT2D eigenvalue weighted by Gasteiger charge is 2.43. The highest BCUT2D eigenvalue weighted by atomic mass is 35.5. The van der Waals surface area contributed by atoms with Crippen LogP contribution in [0.5, 0.6) is 0 Å². The minimum Gasteiger partial charge on any atom is -0.481 e. The number of ether oxygens (including phenoxy) is 1. The van der Waals surface area contributed by atoms with E-state index < -0.39 is 11.4 Å². The molecule has 4 nitrogen and oxygen atoms in total. The Bertz CT molecular complexity index is 373. The summed E-state index contributed by atoms with van der Waals surface area (Å²) in [6, 6.07) is 0. The fourth-order valence-electron chi connectivity index (χ4n) is 1.76. The average Bonchev–Trinajstić information content (AvgIpc) is 2.66. The molecule has 1 aromatic rings. The lowest BCUT2D eigenvalue weighted by molar-refractivity contribution is -0.147. The molecule has 1 N–H and O–H groups in total. The summed E-state index contributed by atoms with van der Waals surface area (Å²) < 4.78 is 5.58. The van der Waals surface area contributed by atoms with Crippen LogP contribution in [0.4, 0.5) is 0 Å². The van der Waals surface area contributed by atoms with Crippen molar-refractivity contribution in [2.24, 2.45) is 0 Å². The van der Waals surface area contributed by atoms with Crippen LogP contribution in [0.3, 0.4) is 0 Å². The fourth-order valence-corrected chi connectivity index (χ4v) is 2.94. The highest BCUT2D eigenvalue weighted by Crippen LogP contribution is 2.39. The lowest BCUT2D eigenvalue weighted by atomic mass is 9.79. The maximum atomic E-state index is 11.4. The van der Waals surface area contributed by atoms with E-state index >= 15 is 0 Å². The van der Waals surface area contributed by atoms with Crippen molar-refractivity contribution in [2.75, 3.05) is 13.2 Å². The number of carboxylic acid groups (broad SMARTS) is 1. The number of carboxylic acids is 1. The zero-order chi connectivity index (χ0) is 10.9. The van der Waals surface area contributed by atoms with E-state index in [9.17, 15) is 9.90 Å². The van der Waals surface area contributed by atoms with Crippen LogP contribution in [-0.2, 0) is 14.9 Å². The Kier molecular flexibility index (Phi) is 2.95. The number of aliphatic carboxylic acids is 1. The predicted octanol–water partition coefficient (Wildman–Crippen LogP) is 1.93. The van der Waals surface area contributed by atoms with Crippen LogP contribution in [-0.4, -0.2) is 29.3 Å². The van der Waals surface area contributed by atoms with Crippen molar-refractivity contribution in [2.45, 2.75) is 18.3 Å². The first-order valence-corrected chi connectivity index (χ1v) is 5.77. The molecule has 15 heavy (non-hydrogen) atoms. The molecule has 6 heteroatoms. The molecule has 1 fully saturated rings. The van der Waals surface area contributed by atoms with Gasteiger partial charge in [-0.05, 0) is 12.8 Å². The van der Waals surface area contributed by atoms with Crippen molar-refractivity contribution in [1.29, 1.82) is 0 Å². The number of aromatic nitrogens is 1. The second-order valence-electron chi connectivity index (χ2n) is 3.48. The van der Waals surface area contributed by atoms with Crippen LogP contribution in [0.2, 0.25) is 4.47 Å². The predicted molar refractivity (Wildman–Crippen MR) is 56.5 cm³/mol. The van der Waals surface area contributed by atoms with Crippen molar-refractivity contribution < 1.29 is 14.6 Å². The number of hydrogen-bond donors (Lipinski definition) is 1. The number of carbonyl (C=O) groups is 1. The molecule has 1 aliphatic heterocycles. The zero-order valence-corrected chi connectivity index (χ0v) is 9.48. The van der Waals surface area contributed by atoms with Gasteiger partial charge in [0.25, 0.3) is 0 Å². The first-order valence-electron chi connectivity index (χ1n) is 4.58. The third-order valence-electron chi connectivity index (χ3n) is 2.70. The van der Waals surface area contributed by atoms with E-state index in [-0.39, 0.29) is 0 Å². The molecule has 1 aliphatic rings. The van der Waals surface area contributed by atoms with Gasteiger partial charge >= 0.3 is 5.97 Å². The summed E-state index contributed by atoms with van der Waals surface area (Å²) in [6.07, 6.45) is 2.54. The van der Waals surface area contributed by atoms with Crippen molar-refractivity contribution in [3.05, 3.63) is 15.5 Å². The summed E-state index contributed by atoms with van der Waals surface area (Å²) in [5.41, 5.74) is -0.844. The number of thiazole rings is 1. The zero-order valence-electron chi connectivity index (χ0n) is 7.90. The first-order chi connectivity index (χ1) is 7.15. The Morgan fingerprint density at radius 1 is 1.60 bits per heavy atom. The standard InChI is InChI=1S/C9H10ClNO3S/c10-8-11-5-6(15-8)9(7(12)13)1-3-14-4-2-9/h5H,1-4H2,(H,12,13). The van der Waals surface area contributed by atoms with Crippen LogP contribution in [0.25, 0.3) is 0 Å². The van der Waals surface area contributed by atoms with Gasteiger partial charge in [0, 0.05) is 24.3 Å². The normalized spacial score (nSPS) is 20.1. The fraction of sp³-hybridized carbons (Fsp3) is 0.556. The highest BCUT2D eigenvalue weighted by molar-refractivity contribution is 7.16. The van der Waals surface area contributed by atoms with Crippen LogP contribution >= 0.6 is 22.9 Å². The van der Waals surface area contributed by atoms with E-state index in [1.807, 2.05) is 0 Å². The van der Waals surface area contributed by atoms with Crippen molar-refractivity contribution in [3.63, 3.8) is 0 Å². The van der Waals surface area contributed by atoms with Gasteiger partial charge < -0.3 is 9.84 Å². The molecule has 0 amide bonds. The Morgan fingerprint density at radius 2 is 2.27 bits per heavy atom. The van der Waals surface area contributed by atoms with Gasteiger partial charge in [-0.3, -0.25) is 4.79 Å². The largest absolute Gasteiger partial charge is 0.481 e. The molecule has 1 aromatic heterocycles. The quantitative estimate of drug-likeness (QED) is 0.868. The molecule has 0 aliphatic carbocycles. The van der Waals surface area contributed by atoms with Gasteiger partial charge in [0.15, 0.2) is 4.47 Å². The second-order valence-corrected chi connectivity index (χ2v) is 5.09. The smallest absolute Gasteiger partial charge is 0.315 e. The minimum absolute atomic E-state index is 0.386. The Balaban J connectivity index is 2.37. The van der Waals surface area contributed by atoms with E-state index in [4.69, 9.17) is 16.3 Å². The summed E-state index contributed by atoms with van der Waals surface area (Å²) >= 11 is 6.97. The minimum atomic E-state index is -0.844. The van der Waals surface area contributed by atoms with Crippen molar-refractivity contribution >= 4 is 28.9 Å². The molecule has 82 valence electrons. The lowest BCUT2D eigenvalue weighted by Crippen LogP contribution is -2.40. The van der Waals surface area contributed by atoms with Crippen LogP contribution in [0.1, 0.15) is 17.7 Å². The molecule has 1 saturated heterocycles. The van der Waals surface area contributed by atoms with E-state index in [1.165, 1.54) is 11.3 Å². The molecular weight excluding hydrogens is 238 g/mol. The molecule has 2 rings (SSSR count). The molecule has 0 aromatic carbocycles. The molecule has 0 radical (unpaired) electrons. The van der Waals surface area contributed by atoms with E-state index in [0.717, 1.165) is 4.88 Å². The summed E-state index contributed by atoms with van der Waals surface area (Å²) in [5.74, 6) is -0.814. The van der Waals surface area contributed by atoms with E-state index in [1.54, 1.807) is 6.20 Å². The number of hydrogen-bond acceptors (Lipinski definition) is 4. The number of nitrogens with zero attached hydrogens (tertiary/aromatic N) is 1. The third kappa shape index (κ3) is 1.87. The maximum absolute atomic E-state index is 11.4. The van der Waals surface area contributed by atoms with Gasteiger partial charge in [-0.15, -0.1) is 11.3 Å². The first kappa shape index (κ1) is 10.9. The van der Waals surface area contributed by atoms with Gasteiger partial charge in [-0.25, -0.2) is 4.98 Å². The van der Waals surface area contributed by atoms with Gasteiger partial charge in [0.1, 0.15) is 5.41 Å². The second kappa shape index (κ2) is 4.08. The number of halogens is 1. The van der Waals surface area contributed by atoms with Gasteiger partial charge in [0.05, 0.1) is 0 Å². The molecule has 0 spiro atoms. The number of rotatable bonds is 2. The lowest BCUT2D eigenvalue weighted by Gasteiger charge is -2.31. The topological polar surface area (TPSA) is 59.4 Å². The monoisotopic (exact) mass is 247 g/mol. The maximum Gasteiger partial charge on any atom is 0.315 e. The average molecular weight is 248 g/mol. The molecule has 2 heterocycles. The van der Waals surface area contributed by atoms with Crippen LogP contribution in [0.15, 0.2) is 6.20 Å². The molecule has 0 saturated carbocycles. The van der Waals surface area contributed by atoms with Crippen molar-refractivity contribution in [1.82, 2.24) is 4.98 Å². The SMILES string of the molecule is O=C(O)C1(c2cnc(Cl)s2)CCOCC1. The molecule has 0 bridgehead atoms. The Hall–Kier alpha value is -0.650. The van der Waals surface area contributed by atoms with Crippen molar-refractivity contribution in [3.8, 4) is 0 Å². The molecule has 0 unspecified atom stereocenters. The molecule has 0 atom stereocenters. The van der Waals surface area contributed by atoms with Crippen LogP contribution in [0, 0.1) is 0 Å². The van der Waals surface area contributed by atoms with E-state index in [0.29, 0.717) is 30.5 Å². The summed E-state index contributed by atoms with van der Waals surface area (Å²) in [4.78, 5) is 16.0.